The summed E-state index contributed by atoms with van der Waals surface area (Å²) in [5, 5.41) is 11.5. The monoisotopic (exact) mass is 307 g/mol. The summed E-state index contributed by atoms with van der Waals surface area (Å²) in [5.74, 6) is -0.0999. The Labute approximate surface area is 131 Å². The van der Waals surface area contributed by atoms with Crippen molar-refractivity contribution in [3.05, 3.63) is 29.8 Å². The first-order chi connectivity index (χ1) is 10.5. The number of rotatable bonds is 9. The molecule has 1 aromatic carbocycles. The van der Waals surface area contributed by atoms with Crippen LogP contribution in [-0.4, -0.2) is 23.6 Å². The molecule has 0 bridgehead atoms. The minimum Gasteiger partial charge on any atom is -0.482 e. The maximum absolute atomic E-state index is 12.2. The Kier molecular flexibility index (Phi) is 7.43. The van der Waals surface area contributed by atoms with Crippen molar-refractivity contribution in [1.29, 1.82) is 0 Å². The van der Waals surface area contributed by atoms with Gasteiger partial charge >= 0.3 is 5.97 Å². The molecule has 122 valence electrons. The number of benzene rings is 1. The Morgan fingerprint density at radius 1 is 1.27 bits per heavy atom. The maximum Gasteiger partial charge on any atom is 0.341 e. The highest BCUT2D eigenvalue weighted by atomic mass is 16.5. The molecule has 0 spiro atoms. The average Bonchev–Trinajstić information content (AvgIpc) is 2.52. The lowest BCUT2D eigenvalue weighted by Crippen LogP contribution is -2.32. The van der Waals surface area contributed by atoms with Crippen molar-refractivity contribution in [3.8, 4) is 5.75 Å². The van der Waals surface area contributed by atoms with Crippen LogP contribution in [0.5, 0.6) is 5.75 Å². The van der Waals surface area contributed by atoms with Crippen LogP contribution in [0.2, 0.25) is 0 Å². The van der Waals surface area contributed by atoms with Gasteiger partial charge in [-0.1, -0.05) is 45.7 Å². The van der Waals surface area contributed by atoms with Gasteiger partial charge in [0.05, 0.1) is 0 Å². The molecule has 2 N–H and O–H groups in total. The molecule has 0 saturated carbocycles. The van der Waals surface area contributed by atoms with E-state index in [1.54, 1.807) is 18.2 Å². The number of amides is 1. The van der Waals surface area contributed by atoms with Gasteiger partial charge in [-0.2, -0.15) is 0 Å². The number of carboxylic acid groups (broad SMARTS) is 1. The lowest BCUT2D eigenvalue weighted by atomic mass is 9.88. The fraction of sp³-hybridized carbons (Fsp3) is 0.529. The van der Waals surface area contributed by atoms with Crippen molar-refractivity contribution < 1.29 is 19.4 Å². The normalized spacial score (nSPS) is 12.0. The van der Waals surface area contributed by atoms with Gasteiger partial charge < -0.3 is 15.2 Å². The van der Waals surface area contributed by atoms with Crippen LogP contribution in [0.3, 0.4) is 0 Å². The number of aliphatic carboxylic acids is 1. The van der Waals surface area contributed by atoms with Gasteiger partial charge in [-0.3, -0.25) is 4.79 Å². The lowest BCUT2D eigenvalue weighted by molar-refractivity contribution is -0.139. The topological polar surface area (TPSA) is 75.6 Å². The minimum atomic E-state index is -1.02. The smallest absolute Gasteiger partial charge is 0.341 e. The van der Waals surface area contributed by atoms with Crippen LogP contribution >= 0.6 is 0 Å². The molecule has 0 fully saturated rings. The quantitative estimate of drug-likeness (QED) is 0.735. The highest BCUT2D eigenvalue weighted by Crippen LogP contribution is 2.19. The van der Waals surface area contributed by atoms with E-state index in [-0.39, 0.29) is 18.4 Å². The zero-order valence-corrected chi connectivity index (χ0v) is 13.5. The number of carbonyl (C=O) groups excluding carboxylic acids is 1. The lowest BCUT2D eigenvalue weighted by Gasteiger charge is -2.20. The SMILES string of the molecule is CCC(CC)C(C)C(=O)NCc1cccc(OCC(=O)O)c1. The van der Waals surface area contributed by atoms with E-state index in [1.165, 1.54) is 0 Å². The summed E-state index contributed by atoms with van der Waals surface area (Å²) in [5.41, 5.74) is 0.882. The Bertz CT molecular complexity index is 497. The highest BCUT2D eigenvalue weighted by molar-refractivity contribution is 5.78. The third-order valence-corrected chi connectivity index (χ3v) is 3.90. The van der Waals surface area contributed by atoms with Crippen molar-refractivity contribution >= 4 is 11.9 Å². The highest BCUT2D eigenvalue weighted by Gasteiger charge is 2.20. The van der Waals surface area contributed by atoms with Crippen molar-refractivity contribution in [1.82, 2.24) is 5.32 Å². The van der Waals surface area contributed by atoms with Crippen molar-refractivity contribution in [2.45, 2.75) is 40.2 Å². The van der Waals surface area contributed by atoms with Crippen molar-refractivity contribution in [3.63, 3.8) is 0 Å². The second-order valence-electron chi connectivity index (χ2n) is 5.41. The van der Waals surface area contributed by atoms with E-state index >= 15 is 0 Å². The molecular weight excluding hydrogens is 282 g/mol. The van der Waals surface area contributed by atoms with Gasteiger partial charge in [-0.05, 0) is 23.6 Å². The van der Waals surface area contributed by atoms with Crippen LogP contribution in [0.15, 0.2) is 24.3 Å². The second-order valence-corrected chi connectivity index (χ2v) is 5.41. The summed E-state index contributed by atoms with van der Waals surface area (Å²) in [7, 11) is 0. The molecule has 0 aromatic heterocycles. The fourth-order valence-corrected chi connectivity index (χ4v) is 2.45. The Morgan fingerprint density at radius 3 is 2.55 bits per heavy atom. The van der Waals surface area contributed by atoms with Gasteiger partial charge in [-0.15, -0.1) is 0 Å². The summed E-state index contributed by atoms with van der Waals surface area (Å²) in [4.78, 5) is 22.6. The summed E-state index contributed by atoms with van der Waals surface area (Å²) in [6.07, 6.45) is 1.98. The molecule has 1 aromatic rings. The summed E-state index contributed by atoms with van der Waals surface area (Å²) < 4.78 is 5.12. The fourth-order valence-electron chi connectivity index (χ4n) is 2.45. The number of carbonyl (C=O) groups is 2. The van der Waals surface area contributed by atoms with E-state index < -0.39 is 5.97 Å². The molecule has 0 heterocycles. The number of carboxylic acids is 1. The zero-order chi connectivity index (χ0) is 16.5. The van der Waals surface area contributed by atoms with Crippen LogP contribution in [-0.2, 0) is 16.1 Å². The van der Waals surface area contributed by atoms with Gasteiger partial charge in [0.2, 0.25) is 5.91 Å². The minimum absolute atomic E-state index is 0.0126. The van der Waals surface area contributed by atoms with E-state index in [4.69, 9.17) is 9.84 Å². The third-order valence-electron chi connectivity index (χ3n) is 3.90. The molecule has 0 saturated heterocycles. The molecule has 1 atom stereocenters. The van der Waals surface area contributed by atoms with E-state index in [0.29, 0.717) is 18.2 Å². The predicted octanol–water partition coefficient (Wildman–Crippen LogP) is 2.84. The van der Waals surface area contributed by atoms with Crippen molar-refractivity contribution in [2.24, 2.45) is 11.8 Å². The first-order valence-electron chi connectivity index (χ1n) is 7.69. The molecule has 1 amide bonds. The van der Waals surface area contributed by atoms with Gasteiger partial charge in [0.25, 0.3) is 0 Å². The van der Waals surface area contributed by atoms with Gasteiger partial charge in [0.1, 0.15) is 5.75 Å². The van der Waals surface area contributed by atoms with E-state index in [1.807, 2.05) is 13.0 Å². The number of nitrogens with one attached hydrogen (secondary N) is 1. The first-order valence-corrected chi connectivity index (χ1v) is 7.69. The molecular formula is C17H25NO4. The Morgan fingerprint density at radius 2 is 1.95 bits per heavy atom. The Hall–Kier alpha value is -2.04. The molecule has 0 aliphatic heterocycles. The van der Waals surface area contributed by atoms with Crippen LogP contribution in [0, 0.1) is 11.8 Å². The molecule has 1 unspecified atom stereocenters. The predicted molar refractivity (Wildman–Crippen MR) is 84.7 cm³/mol. The van der Waals surface area contributed by atoms with Gasteiger partial charge in [-0.25, -0.2) is 4.79 Å². The van der Waals surface area contributed by atoms with E-state index in [0.717, 1.165) is 18.4 Å². The van der Waals surface area contributed by atoms with Crippen LogP contribution in [0.4, 0.5) is 0 Å². The standard InChI is InChI=1S/C17H25NO4/c1-4-14(5-2)12(3)17(21)18-10-13-7-6-8-15(9-13)22-11-16(19)20/h6-9,12,14H,4-5,10-11H2,1-3H3,(H,18,21)(H,19,20). The molecule has 0 aliphatic carbocycles. The second kappa shape index (κ2) is 9.07. The zero-order valence-electron chi connectivity index (χ0n) is 13.5. The Balaban J connectivity index is 2.55. The van der Waals surface area contributed by atoms with Crippen molar-refractivity contribution in [2.75, 3.05) is 6.61 Å². The summed E-state index contributed by atoms with van der Waals surface area (Å²) in [6, 6.07) is 7.09. The molecule has 0 aliphatic rings. The van der Waals surface area contributed by atoms with Gasteiger partial charge in [0, 0.05) is 12.5 Å². The largest absolute Gasteiger partial charge is 0.482 e. The van der Waals surface area contributed by atoms with Crippen LogP contribution < -0.4 is 10.1 Å². The maximum atomic E-state index is 12.2. The van der Waals surface area contributed by atoms with E-state index in [9.17, 15) is 9.59 Å². The molecule has 1 rings (SSSR count). The summed E-state index contributed by atoms with van der Waals surface area (Å²) in [6.45, 7) is 6.19. The molecule has 5 nitrogen and oxygen atoms in total. The number of hydrogen-bond acceptors (Lipinski definition) is 3. The molecule has 5 heteroatoms. The first kappa shape index (κ1) is 18.0. The summed E-state index contributed by atoms with van der Waals surface area (Å²) >= 11 is 0. The van der Waals surface area contributed by atoms with Gasteiger partial charge in [0.15, 0.2) is 6.61 Å². The number of ether oxygens (including phenoxy) is 1. The van der Waals surface area contributed by atoms with Crippen LogP contribution in [0.1, 0.15) is 39.2 Å². The molecule has 22 heavy (non-hydrogen) atoms. The third kappa shape index (κ3) is 5.76. The number of hydrogen-bond donors (Lipinski definition) is 2. The average molecular weight is 307 g/mol. The van der Waals surface area contributed by atoms with Crippen LogP contribution in [0.25, 0.3) is 0 Å². The van der Waals surface area contributed by atoms with E-state index in [2.05, 4.69) is 19.2 Å². The molecule has 0 radical (unpaired) electrons.